The Labute approximate surface area is 148 Å². The highest BCUT2D eigenvalue weighted by molar-refractivity contribution is 9.10. The third-order valence-corrected chi connectivity index (χ3v) is 4.23. The smallest absolute Gasteiger partial charge is 0.342 e. The van der Waals surface area contributed by atoms with E-state index in [0.29, 0.717) is 29.2 Å². The van der Waals surface area contributed by atoms with Crippen molar-refractivity contribution < 1.29 is 19.1 Å². The van der Waals surface area contributed by atoms with Gasteiger partial charge >= 0.3 is 11.9 Å². The molecular weight excluding hydrogens is 384 g/mol. The number of aryl methyl sites for hydroxylation is 1. The van der Waals surface area contributed by atoms with Gasteiger partial charge in [-0.1, -0.05) is 34.5 Å². The van der Waals surface area contributed by atoms with E-state index in [1.807, 2.05) is 13.0 Å². The zero-order chi connectivity index (χ0) is 17.4. The van der Waals surface area contributed by atoms with Crippen LogP contribution in [0.2, 0.25) is 5.02 Å². The van der Waals surface area contributed by atoms with Crippen molar-refractivity contribution in [3.8, 4) is 0 Å². The number of halogens is 2. The van der Waals surface area contributed by atoms with Crippen LogP contribution < -0.4 is 0 Å². The highest BCUT2D eigenvalue weighted by atomic mass is 79.9. The predicted octanol–water partition coefficient (Wildman–Crippen LogP) is 4.66. The van der Waals surface area contributed by atoms with Gasteiger partial charge in [0.25, 0.3) is 0 Å². The van der Waals surface area contributed by atoms with Crippen molar-refractivity contribution in [2.75, 3.05) is 0 Å². The van der Waals surface area contributed by atoms with Crippen molar-refractivity contribution >= 4 is 45.0 Å². The molecular formula is C17H18BrClO4. The van der Waals surface area contributed by atoms with E-state index in [0.717, 1.165) is 10.0 Å². The Morgan fingerprint density at radius 1 is 1.43 bits per heavy atom. The molecule has 0 amide bonds. The molecule has 1 heterocycles. The number of benzene rings is 1. The second-order valence-corrected chi connectivity index (χ2v) is 7.32. The highest BCUT2D eigenvalue weighted by Gasteiger charge is 2.38. The van der Waals surface area contributed by atoms with E-state index in [9.17, 15) is 9.59 Å². The molecule has 4 nitrogen and oxygen atoms in total. The van der Waals surface area contributed by atoms with Crippen LogP contribution in [0.15, 0.2) is 22.4 Å². The standard InChI is InChI=1S/C17H18BrClO4/c1-5-10-6-11(18)7-12(19)14(10)15-13(22-9(2)20)8-17(3,4)23-16(15)21/h6-7H,5,8H2,1-4H3. The first kappa shape index (κ1) is 18.0. The minimum atomic E-state index is -0.737. The van der Waals surface area contributed by atoms with Crippen LogP contribution in [0.25, 0.3) is 5.57 Å². The first-order valence-corrected chi connectivity index (χ1v) is 8.45. The molecule has 0 bridgehead atoms. The van der Waals surface area contributed by atoms with Crippen LogP contribution in [0, 0.1) is 0 Å². The molecule has 23 heavy (non-hydrogen) atoms. The Morgan fingerprint density at radius 2 is 2.09 bits per heavy atom. The Hall–Kier alpha value is -1.33. The Kier molecular flexibility index (Phi) is 5.21. The summed E-state index contributed by atoms with van der Waals surface area (Å²) >= 11 is 9.77. The number of hydrogen-bond donors (Lipinski definition) is 0. The van der Waals surface area contributed by atoms with Gasteiger partial charge in [-0.2, -0.15) is 0 Å². The van der Waals surface area contributed by atoms with Crippen LogP contribution in [0.4, 0.5) is 0 Å². The normalized spacial score (nSPS) is 17.0. The summed E-state index contributed by atoms with van der Waals surface area (Å²) in [7, 11) is 0. The van der Waals surface area contributed by atoms with E-state index >= 15 is 0 Å². The third-order valence-electron chi connectivity index (χ3n) is 3.47. The van der Waals surface area contributed by atoms with Crippen LogP contribution >= 0.6 is 27.5 Å². The van der Waals surface area contributed by atoms with Gasteiger partial charge in [0.05, 0.1) is 5.02 Å². The molecule has 0 spiro atoms. The van der Waals surface area contributed by atoms with Crippen molar-refractivity contribution in [1.29, 1.82) is 0 Å². The number of rotatable bonds is 3. The topological polar surface area (TPSA) is 52.6 Å². The SMILES string of the molecule is CCc1cc(Br)cc(Cl)c1C1=C(OC(C)=O)CC(C)(C)OC1=O. The van der Waals surface area contributed by atoms with Gasteiger partial charge < -0.3 is 9.47 Å². The maximum absolute atomic E-state index is 12.6. The molecule has 0 saturated heterocycles. The van der Waals surface area contributed by atoms with Crippen LogP contribution in [-0.2, 0) is 25.5 Å². The van der Waals surface area contributed by atoms with E-state index in [-0.39, 0.29) is 5.57 Å². The quantitative estimate of drug-likeness (QED) is 0.691. The fourth-order valence-electron chi connectivity index (χ4n) is 2.61. The molecule has 0 aliphatic carbocycles. The number of hydrogen-bond acceptors (Lipinski definition) is 4. The van der Waals surface area contributed by atoms with Gasteiger partial charge in [-0.05, 0) is 38.0 Å². The summed E-state index contributed by atoms with van der Waals surface area (Å²) in [4.78, 5) is 24.0. The lowest BCUT2D eigenvalue weighted by molar-refractivity contribution is -0.153. The first-order valence-electron chi connectivity index (χ1n) is 7.28. The number of ether oxygens (including phenoxy) is 2. The van der Waals surface area contributed by atoms with Gasteiger partial charge in [0.15, 0.2) is 0 Å². The Morgan fingerprint density at radius 3 is 2.65 bits per heavy atom. The van der Waals surface area contributed by atoms with Gasteiger partial charge in [0.2, 0.25) is 0 Å². The molecule has 1 aliphatic rings. The second-order valence-electron chi connectivity index (χ2n) is 5.99. The van der Waals surface area contributed by atoms with Gasteiger partial charge in [-0.25, -0.2) is 4.79 Å². The Balaban J connectivity index is 2.72. The molecule has 1 aromatic rings. The molecule has 1 aromatic carbocycles. The molecule has 1 aliphatic heterocycles. The monoisotopic (exact) mass is 400 g/mol. The summed E-state index contributed by atoms with van der Waals surface area (Å²) < 4.78 is 11.6. The van der Waals surface area contributed by atoms with Gasteiger partial charge in [-0.15, -0.1) is 0 Å². The van der Waals surface area contributed by atoms with E-state index in [2.05, 4.69) is 15.9 Å². The summed E-state index contributed by atoms with van der Waals surface area (Å²) in [6, 6.07) is 3.61. The predicted molar refractivity (Wildman–Crippen MR) is 92.0 cm³/mol. The lowest BCUT2D eigenvalue weighted by atomic mass is 9.90. The molecule has 2 rings (SSSR count). The van der Waals surface area contributed by atoms with Crippen molar-refractivity contribution in [2.45, 2.75) is 46.1 Å². The Bertz CT molecular complexity index is 707. The molecule has 6 heteroatoms. The lowest BCUT2D eigenvalue weighted by Crippen LogP contribution is -2.35. The summed E-state index contributed by atoms with van der Waals surface area (Å²) in [6.45, 7) is 6.82. The number of esters is 2. The van der Waals surface area contributed by atoms with Gasteiger partial charge in [-0.3, -0.25) is 4.79 Å². The van der Waals surface area contributed by atoms with Crippen molar-refractivity contribution in [3.63, 3.8) is 0 Å². The molecule has 0 radical (unpaired) electrons. The maximum Gasteiger partial charge on any atom is 0.342 e. The van der Waals surface area contributed by atoms with Gasteiger partial charge in [0, 0.05) is 23.4 Å². The van der Waals surface area contributed by atoms with E-state index < -0.39 is 17.5 Å². The lowest BCUT2D eigenvalue weighted by Gasteiger charge is -2.32. The number of carbonyl (C=O) groups excluding carboxylic acids is 2. The van der Waals surface area contributed by atoms with E-state index in [4.69, 9.17) is 21.1 Å². The summed E-state index contributed by atoms with van der Waals surface area (Å²) in [5.74, 6) is -0.705. The van der Waals surface area contributed by atoms with Crippen molar-refractivity contribution in [3.05, 3.63) is 38.5 Å². The summed E-state index contributed by atoms with van der Waals surface area (Å²) in [5, 5.41) is 0.410. The molecule has 0 aromatic heterocycles. The second kappa shape index (κ2) is 6.65. The average Bonchev–Trinajstić information content (AvgIpc) is 2.37. The van der Waals surface area contributed by atoms with Crippen LogP contribution in [-0.4, -0.2) is 17.5 Å². The van der Waals surface area contributed by atoms with E-state index in [1.54, 1.807) is 19.9 Å². The highest BCUT2D eigenvalue weighted by Crippen LogP contribution is 2.40. The van der Waals surface area contributed by atoms with E-state index in [1.165, 1.54) is 6.92 Å². The van der Waals surface area contributed by atoms with Crippen LogP contribution in [0.3, 0.4) is 0 Å². The molecule has 0 unspecified atom stereocenters. The largest absolute Gasteiger partial charge is 0.455 e. The molecule has 124 valence electrons. The third kappa shape index (κ3) is 3.96. The molecule has 0 saturated carbocycles. The molecule has 0 atom stereocenters. The average molecular weight is 402 g/mol. The minimum Gasteiger partial charge on any atom is -0.455 e. The van der Waals surface area contributed by atoms with Crippen LogP contribution in [0.5, 0.6) is 0 Å². The zero-order valence-electron chi connectivity index (χ0n) is 13.5. The van der Waals surface area contributed by atoms with Crippen molar-refractivity contribution in [2.24, 2.45) is 0 Å². The number of carbonyl (C=O) groups is 2. The molecule has 0 N–H and O–H groups in total. The fraction of sp³-hybridized carbons (Fsp3) is 0.412. The first-order chi connectivity index (χ1) is 10.6. The summed E-state index contributed by atoms with van der Waals surface area (Å²) in [6.07, 6.45) is 0.977. The molecule has 0 fully saturated rings. The zero-order valence-corrected chi connectivity index (χ0v) is 15.8. The number of cyclic esters (lactones) is 1. The van der Waals surface area contributed by atoms with Crippen LogP contribution in [0.1, 0.15) is 45.2 Å². The fourth-order valence-corrected chi connectivity index (χ4v) is 3.59. The summed E-state index contributed by atoms with van der Waals surface area (Å²) in [5.41, 5.74) is 0.934. The minimum absolute atomic E-state index is 0.230. The van der Waals surface area contributed by atoms with Crippen molar-refractivity contribution in [1.82, 2.24) is 0 Å². The van der Waals surface area contributed by atoms with Gasteiger partial charge in [0.1, 0.15) is 16.9 Å². The maximum atomic E-state index is 12.6.